The Morgan fingerprint density at radius 2 is 2.03 bits per heavy atom. The molecule has 0 aliphatic carbocycles. The molecule has 1 amide bonds. The minimum absolute atomic E-state index is 0.0437. The number of carbonyl (C=O) groups is 1. The first kappa shape index (κ1) is 24.9. The van der Waals surface area contributed by atoms with Gasteiger partial charge in [0.25, 0.3) is 0 Å². The summed E-state index contributed by atoms with van der Waals surface area (Å²) in [5, 5.41) is 7.16. The van der Waals surface area contributed by atoms with Gasteiger partial charge in [0, 0.05) is 28.3 Å². The second-order valence-electron chi connectivity index (χ2n) is 8.36. The summed E-state index contributed by atoms with van der Waals surface area (Å²) in [5.74, 6) is 2.74. The van der Waals surface area contributed by atoms with Crippen LogP contribution in [0.3, 0.4) is 0 Å². The highest BCUT2D eigenvalue weighted by atomic mass is 79.9. The van der Waals surface area contributed by atoms with Crippen molar-refractivity contribution in [3.63, 3.8) is 0 Å². The van der Waals surface area contributed by atoms with E-state index in [-0.39, 0.29) is 17.6 Å². The number of amides is 1. The molecule has 2 heterocycles. The highest BCUT2D eigenvalue weighted by molar-refractivity contribution is 9.10. The van der Waals surface area contributed by atoms with Crippen LogP contribution in [0.1, 0.15) is 30.7 Å². The maximum Gasteiger partial charge on any atom is 0.241 e. The molecule has 1 aliphatic rings. The second kappa shape index (κ2) is 12.5. The Morgan fingerprint density at radius 3 is 2.82 bits per heavy atom. The van der Waals surface area contributed by atoms with Gasteiger partial charge in [-0.05, 0) is 61.9 Å². The first-order valence-electron chi connectivity index (χ1n) is 11.5. The summed E-state index contributed by atoms with van der Waals surface area (Å²) in [6.07, 6.45) is 2.52. The maximum atomic E-state index is 13.6. The Kier molecular flexibility index (Phi) is 9.12. The van der Waals surface area contributed by atoms with Crippen LogP contribution in [0.25, 0.3) is 11.4 Å². The van der Waals surface area contributed by atoms with E-state index < -0.39 is 0 Å². The van der Waals surface area contributed by atoms with Crippen LogP contribution in [0.5, 0.6) is 0 Å². The normalized spacial score (nSPS) is 14.9. The van der Waals surface area contributed by atoms with Crippen molar-refractivity contribution in [2.45, 2.75) is 31.6 Å². The Balaban J connectivity index is 1.12. The van der Waals surface area contributed by atoms with Gasteiger partial charge in [0.2, 0.25) is 17.6 Å². The zero-order valence-electron chi connectivity index (χ0n) is 18.9. The van der Waals surface area contributed by atoms with Crippen molar-refractivity contribution >= 4 is 33.6 Å². The Bertz CT molecular complexity index is 1090. The first-order chi connectivity index (χ1) is 16.6. The van der Waals surface area contributed by atoms with Gasteiger partial charge in [-0.3, -0.25) is 9.69 Å². The molecule has 1 N–H and O–H groups in total. The number of thioether (sulfide) groups is 1. The molecule has 0 spiro atoms. The fourth-order valence-electron chi connectivity index (χ4n) is 3.94. The number of rotatable bonds is 10. The zero-order chi connectivity index (χ0) is 23.8. The van der Waals surface area contributed by atoms with Crippen LogP contribution >= 0.6 is 27.7 Å². The monoisotopic (exact) mass is 546 g/mol. The highest BCUT2D eigenvalue weighted by Gasteiger charge is 2.25. The van der Waals surface area contributed by atoms with Crippen LogP contribution < -0.4 is 5.32 Å². The van der Waals surface area contributed by atoms with E-state index >= 15 is 0 Å². The van der Waals surface area contributed by atoms with Crippen molar-refractivity contribution in [1.29, 1.82) is 0 Å². The van der Waals surface area contributed by atoms with Crippen LogP contribution in [0.4, 0.5) is 4.39 Å². The number of benzene rings is 2. The Labute approximate surface area is 211 Å². The van der Waals surface area contributed by atoms with E-state index in [1.165, 1.54) is 6.07 Å². The predicted octanol–water partition coefficient (Wildman–Crippen LogP) is 5.29. The van der Waals surface area contributed by atoms with Gasteiger partial charge in [-0.15, -0.1) is 0 Å². The minimum atomic E-state index is -0.154. The van der Waals surface area contributed by atoms with Crippen LogP contribution in [-0.2, 0) is 17.1 Å². The second-order valence-corrected chi connectivity index (χ2v) is 10.4. The van der Waals surface area contributed by atoms with Crippen molar-refractivity contribution in [2.75, 3.05) is 25.4 Å². The lowest BCUT2D eigenvalue weighted by atomic mass is 9.96. The summed E-state index contributed by atoms with van der Waals surface area (Å²) in [5.41, 5.74) is 1.64. The number of nitrogens with zero attached hydrogens (tertiary/aromatic N) is 3. The number of piperidine rings is 1. The van der Waals surface area contributed by atoms with E-state index in [1.54, 1.807) is 17.8 Å². The highest BCUT2D eigenvalue weighted by Crippen LogP contribution is 2.22. The Morgan fingerprint density at radius 1 is 1.21 bits per heavy atom. The predicted molar refractivity (Wildman–Crippen MR) is 136 cm³/mol. The van der Waals surface area contributed by atoms with E-state index in [0.717, 1.165) is 53.7 Å². The fraction of sp³-hybridized carbons (Fsp3) is 0.400. The van der Waals surface area contributed by atoms with Crippen LogP contribution in [0, 0.1) is 11.7 Å². The zero-order valence-corrected chi connectivity index (χ0v) is 21.3. The third-order valence-electron chi connectivity index (χ3n) is 5.85. The van der Waals surface area contributed by atoms with E-state index in [9.17, 15) is 9.18 Å². The third kappa shape index (κ3) is 7.13. The van der Waals surface area contributed by atoms with E-state index in [4.69, 9.17) is 4.52 Å². The topological polar surface area (TPSA) is 71.3 Å². The summed E-state index contributed by atoms with van der Waals surface area (Å²) in [6, 6.07) is 14.7. The molecule has 6 nitrogen and oxygen atoms in total. The molecule has 4 rings (SSSR count). The molecule has 0 radical (unpaired) electrons. The number of likely N-dealkylation sites (tertiary alicyclic amines) is 1. The molecule has 0 saturated carbocycles. The van der Waals surface area contributed by atoms with Crippen LogP contribution in [0.15, 0.2) is 57.5 Å². The minimum Gasteiger partial charge on any atom is -0.356 e. The SMILES string of the molecule is O=C(NCCCSCc1ccccc1F)C1CCN(Cc2nc(-c3cccc(Br)c3)no2)CC1. The quantitative estimate of drug-likeness (QED) is 0.348. The number of hydrogen-bond donors (Lipinski definition) is 1. The lowest BCUT2D eigenvalue weighted by Gasteiger charge is -2.30. The van der Waals surface area contributed by atoms with Crippen molar-refractivity contribution in [1.82, 2.24) is 20.4 Å². The van der Waals surface area contributed by atoms with E-state index in [1.807, 2.05) is 36.4 Å². The van der Waals surface area contributed by atoms with Crippen molar-refractivity contribution in [2.24, 2.45) is 5.92 Å². The van der Waals surface area contributed by atoms with Gasteiger partial charge in [0.1, 0.15) is 5.82 Å². The first-order valence-corrected chi connectivity index (χ1v) is 13.4. The summed E-state index contributed by atoms with van der Waals surface area (Å²) >= 11 is 5.15. The molecule has 0 atom stereocenters. The van der Waals surface area contributed by atoms with Crippen LogP contribution in [-0.4, -0.2) is 46.3 Å². The van der Waals surface area contributed by atoms with Crippen molar-refractivity contribution < 1.29 is 13.7 Å². The number of hydrogen-bond acceptors (Lipinski definition) is 6. The van der Waals surface area contributed by atoms with Crippen molar-refractivity contribution in [3.05, 3.63) is 70.3 Å². The smallest absolute Gasteiger partial charge is 0.241 e. The van der Waals surface area contributed by atoms with Crippen molar-refractivity contribution in [3.8, 4) is 11.4 Å². The molecule has 2 aromatic carbocycles. The molecular formula is C25H28BrFN4O2S. The van der Waals surface area contributed by atoms with Gasteiger partial charge in [0.05, 0.1) is 6.54 Å². The molecule has 34 heavy (non-hydrogen) atoms. The van der Waals surface area contributed by atoms with Crippen LogP contribution in [0.2, 0.25) is 0 Å². The van der Waals surface area contributed by atoms with Gasteiger partial charge in [0.15, 0.2) is 0 Å². The molecule has 3 aromatic rings. The average Bonchev–Trinajstić information content (AvgIpc) is 3.31. The van der Waals surface area contributed by atoms with Gasteiger partial charge in [-0.1, -0.05) is 51.4 Å². The standard InChI is InChI=1S/C25H28BrFN4O2S/c26-21-7-3-6-19(15-21)24-29-23(33-30-24)16-31-12-9-18(10-13-31)25(32)28-11-4-14-34-17-20-5-1-2-8-22(20)27/h1-3,5-8,15,18H,4,9-14,16-17H2,(H,28,32). The lowest BCUT2D eigenvalue weighted by Crippen LogP contribution is -2.40. The largest absolute Gasteiger partial charge is 0.356 e. The average molecular weight is 547 g/mol. The third-order valence-corrected chi connectivity index (χ3v) is 7.43. The summed E-state index contributed by atoms with van der Waals surface area (Å²) in [6.45, 7) is 2.90. The number of aromatic nitrogens is 2. The number of halogens is 2. The Hall–Kier alpha value is -2.23. The summed E-state index contributed by atoms with van der Waals surface area (Å²) < 4.78 is 20.0. The number of nitrogens with one attached hydrogen (secondary N) is 1. The molecule has 1 aromatic heterocycles. The number of carbonyl (C=O) groups excluding carboxylic acids is 1. The molecule has 9 heteroatoms. The molecule has 1 fully saturated rings. The molecule has 1 saturated heterocycles. The molecule has 1 aliphatic heterocycles. The summed E-state index contributed by atoms with van der Waals surface area (Å²) in [4.78, 5) is 19.3. The molecular weight excluding hydrogens is 519 g/mol. The molecule has 0 unspecified atom stereocenters. The van der Waals surface area contributed by atoms with Gasteiger partial charge in [-0.2, -0.15) is 16.7 Å². The van der Waals surface area contributed by atoms with Gasteiger partial charge >= 0.3 is 0 Å². The van der Waals surface area contributed by atoms with E-state index in [0.29, 0.717) is 30.6 Å². The maximum absolute atomic E-state index is 13.6. The van der Waals surface area contributed by atoms with Gasteiger partial charge < -0.3 is 9.84 Å². The lowest BCUT2D eigenvalue weighted by molar-refractivity contribution is -0.126. The van der Waals surface area contributed by atoms with Gasteiger partial charge in [-0.25, -0.2) is 4.39 Å². The molecule has 180 valence electrons. The summed E-state index contributed by atoms with van der Waals surface area (Å²) in [7, 11) is 0. The fourth-order valence-corrected chi connectivity index (χ4v) is 5.28. The molecule has 0 bridgehead atoms. The van der Waals surface area contributed by atoms with E-state index in [2.05, 4.69) is 36.3 Å².